The highest BCUT2D eigenvalue weighted by Gasteiger charge is 2.30. The maximum absolute atomic E-state index is 13.0. The average Bonchev–Trinajstić information content (AvgIpc) is 3.28. The summed E-state index contributed by atoms with van der Waals surface area (Å²) in [6.45, 7) is 3.42. The van der Waals surface area contributed by atoms with Crippen molar-refractivity contribution >= 4 is 11.7 Å². The van der Waals surface area contributed by atoms with Crippen molar-refractivity contribution in [1.82, 2.24) is 25.4 Å². The van der Waals surface area contributed by atoms with E-state index in [0.29, 0.717) is 18.3 Å². The van der Waals surface area contributed by atoms with Gasteiger partial charge in [0, 0.05) is 31.4 Å². The van der Waals surface area contributed by atoms with Crippen LogP contribution in [0.4, 0.5) is 5.82 Å². The lowest BCUT2D eigenvalue weighted by Crippen LogP contribution is -2.44. The number of amides is 1. The molecular formula is C24H28N6O2. The first-order valence-electron chi connectivity index (χ1n) is 11.4. The lowest BCUT2D eigenvalue weighted by molar-refractivity contribution is -0.125. The van der Waals surface area contributed by atoms with E-state index in [4.69, 9.17) is 4.52 Å². The Balaban J connectivity index is 1.30. The molecule has 1 N–H and O–H groups in total. The Bertz CT molecular complexity index is 1070. The Morgan fingerprint density at radius 1 is 1.12 bits per heavy atom. The van der Waals surface area contributed by atoms with Crippen molar-refractivity contribution in [2.24, 2.45) is 5.92 Å². The molecule has 4 heterocycles. The van der Waals surface area contributed by atoms with Gasteiger partial charge in [0.15, 0.2) is 0 Å². The normalized spacial score (nSPS) is 19.9. The number of pyridine rings is 2. The van der Waals surface area contributed by atoms with Gasteiger partial charge in [0.2, 0.25) is 17.6 Å². The molecule has 1 aliphatic heterocycles. The highest BCUT2D eigenvalue weighted by molar-refractivity contribution is 5.80. The second kappa shape index (κ2) is 9.06. The average molecular weight is 433 g/mol. The summed E-state index contributed by atoms with van der Waals surface area (Å²) in [6.07, 6.45) is 8.74. The zero-order valence-corrected chi connectivity index (χ0v) is 18.3. The molecule has 0 spiro atoms. The highest BCUT2D eigenvalue weighted by Crippen LogP contribution is 2.37. The van der Waals surface area contributed by atoms with Crippen molar-refractivity contribution in [2.75, 3.05) is 18.0 Å². The molecule has 1 amide bonds. The van der Waals surface area contributed by atoms with Gasteiger partial charge in [-0.15, -0.1) is 0 Å². The SMILES string of the molecule is CC(NC(=O)C1CCCN(c2ncccc2-c2noc(C3CCC3)n2)C1)c1ccccn1. The van der Waals surface area contributed by atoms with Crippen molar-refractivity contribution in [3.63, 3.8) is 0 Å². The molecule has 5 rings (SSSR count). The Morgan fingerprint density at radius 2 is 2.00 bits per heavy atom. The number of hydrogen-bond acceptors (Lipinski definition) is 7. The van der Waals surface area contributed by atoms with Gasteiger partial charge in [0.05, 0.1) is 23.2 Å². The molecule has 2 atom stereocenters. The van der Waals surface area contributed by atoms with Crippen molar-refractivity contribution in [3.8, 4) is 11.4 Å². The molecule has 2 aliphatic rings. The van der Waals surface area contributed by atoms with Crippen LogP contribution in [0.5, 0.6) is 0 Å². The minimum atomic E-state index is -0.131. The third-order valence-electron chi connectivity index (χ3n) is 6.51. The highest BCUT2D eigenvalue weighted by atomic mass is 16.5. The van der Waals surface area contributed by atoms with Gasteiger partial charge in [-0.2, -0.15) is 4.98 Å². The summed E-state index contributed by atoms with van der Waals surface area (Å²) in [5.41, 5.74) is 1.71. The first-order chi connectivity index (χ1) is 15.7. The minimum Gasteiger partial charge on any atom is -0.355 e. The Hall–Kier alpha value is -3.29. The topological polar surface area (TPSA) is 97.0 Å². The number of nitrogens with one attached hydrogen (secondary N) is 1. The van der Waals surface area contributed by atoms with Crippen molar-refractivity contribution in [2.45, 2.75) is 51.0 Å². The predicted octanol–water partition coefficient (Wildman–Crippen LogP) is 3.89. The van der Waals surface area contributed by atoms with Crippen LogP contribution in [-0.2, 0) is 4.79 Å². The zero-order valence-electron chi connectivity index (χ0n) is 18.3. The molecule has 1 aliphatic carbocycles. The minimum absolute atomic E-state index is 0.0529. The molecule has 0 aromatic carbocycles. The van der Waals surface area contributed by atoms with E-state index < -0.39 is 0 Å². The number of carbonyl (C=O) groups excluding carboxylic acids is 1. The van der Waals surface area contributed by atoms with Gasteiger partial charge in [0.1, 0.15) is 5.82 Å². The fourth-order valence-electron chi connectivity index (χ4n) is 4.41. The quantitative estimate of drug-likeness (QED) is 0.631. The predicted molar refractivity (Wildman–Crippen MR) is 120 cm³/mol. The molecule has 2 unspecified atom stereocenters. The van der Waals surface area contributed by atoms with Gasteiger partial charge in [0.25, 0.3) is 0 Å². The number of nitrogens with zero attached hydrogens (tertiary/aromatic N) is 5. The Labute approximate surface area is 187 Å². The van der Waals surface area contributed by atoms with Crippen LogP contribution in [-0.4, -0.2) is 39.1 Å². The van der Waals surface area contributed by atoms with E-state index in [2.05, 4.69) is 30.3 Å². The van der Waals surface area contributed by atoms with Crippen LogP contribution >= 0.6 is 0 Å². The number of aromatic nitrogens is 4. The molecule has 1 saturated heterocycles. The lowest BCUT2D eigenvalue weighted by atomic mass is 9.85. The second-order valence-electron chi connectivity index (χ2n) is 8.73. The second-order valence-corrected chi connectivity index (χ2v) is 8.73. The van der Waals surface area contributed by atoms with Crippen LogP contribution in [0.1, 0.15) is 62.6 Å². The monoisotopic (exact) mass is 432 g/mol. The first-order valence-corrected chi connectivity index (χ1v) is 11.4. The number of hydrogen-bond donors (Lipinski definition) is 1. The number of carbonyl (C=O) groups is 1. The summed E-state index contributed by atoms with van der Waals surface area (Å²) in [4.78, 5) is 28.8. The molecule has 8 nitrogen and oxygen atoms in total. The van der Waals surface area contributed by atoms with Crippen LogP contribution in [0.25, 0.3) is 11.4 Å². The maximum atomic E-state index is 13.0. The molecule has 3 aromatic heterocycles. The molecule has 32 heavy (non-hydrogen) atoms. The summed E-state index contributed by atoms with van der Waals surface area (Å²) in [7, 11) is 0. The van der Waals surface area contributed by atoms with Gasteiger partial charge in [-0.25, -0.2) is 4.98 Å². The maximum Gasteiger partial charge on any atom is 0.230 e. The molecular weight excluding hydrogens is 404 g/mol. The summed E-state index contributed by atoms with van der Waals surface area (Å²) in [5, 5.41) is 7.36. The molecule has 0 radical (unpaired) electrons. The van der Waals surface area contributed by atoms with Gasteiger partial charge in [-0.3, -0.25) is 9.78 Å². The molecule has 3 aromatic rings. The number of piperidine rings is 1. The number of rotatable bonds is 6. The van der Waals surface area contributed by atoms with Crippen molar-refractivity contribution in [3.05, 3.63) is 54.3 Å². The summed E-state index contributed by atoms with van der Waals surface area (Å²) in [6, 6.07) is 9.48. The smallest absolute Gasteiger partial charge is 0.230 e. The van der Waals surface area contributed by atoms with E-state index >= 15 is 0 Å². The Morgan fingerprint density at radius 3 is 2.78 bits per heavy atom. The van der Waals surface area contributed by atoms with E-state index in [1.54, 1.807) is 12.4 Å². The van der Waals surface area contributed by atoms with Crippen LogP contribution in [0.2, 0.25) is 0 Å². The first kappa shape index (κ1) is 20.6. The molecule has 166 valence electrons. The van der Waals surface area contributed by atoms with Gasteiger partial charge < -0.3 is 14.7 Å². The molecule has 2 fully saturated rings. The fourth-order valence-corrected chi connectivity index (χ4v) is 4.41. The largest absolute Gasteiger partial charge is 0.355 e. The summed E-state index contributed by atoms with van der Waals surface area (Å²) >= 11 is 0. The standard InChI is InChI=1S/C24H28N6O2/c1-16(20-11-2-3-12-25-20)27-23(31)18-9-6-14-30(15-18)22-19(10-5-13-26-22)21-28-24(32-29-21)17-7-4-8-17/h2-3,5,10-13,16-18H,4,6-9,14-15H2,1H3,(H,27,31). The molecule has 1 saturated carbocycles. The van der Waals surface area contributed by atoms with E-state index in [9.17, 15) is 4.79 Å². The van der Waals surface area contributed by atoms with E-state index in [1.807, 2.05) is 37.3 Å². The van der Waals surface area contributed by atoms with Crippen LogP contribution < -0.4 is 10.2 Å². The summed E-state index contributed by atoms with van der Waals surface area (Å²) in [5.74, 6) is 2.44. The lowest BCUT2D eigenvalue weighted by Gasteiger charge is -2.34. The fraction of sp³-hybridized carbons (Fsp3) is 0.458. The Kier molecular flexibility index (Phi) is 5.83. The van der Waals surface area contributed by atoms with Crippen LogP contribution in [0.3, 0.4) is 0 Å². The van der Waals surface area contributed by atoms with E-state index in [1.165, 1.54) is 6.42 Å². The van der Waals surface area contributed by atoms with Gasteiger partial charge >= 0.3 is 0 Å². The van der Waals surface area contributed by atoms with Gasteiger partial charge in [-0.05, 0) is 56.9 Å². The van der Waals surface area contributed by atoms with Crippen LogP contribution in [0.15, 0.2) is 47.2 Å². The van der Waals surface area contributed by atoms with Crippen molar-refractivity contribution < 1.29 is 9.32 Å². The third-order valence-corrected chi connectivity index (χ3v) is 6.51. The number of anilines is 1. The van der Waals surface area contributed by atoms with E-state index in [0.717, 1.165) is 55.2 Å². The molecule has 0 bridgehead atoms. The van der Waals surface area contributed by atoms with E-state index in [-0.39, 0.29) is 17.9 Å². The van der Waals surface area contributed by atoms with Crippen molar-refractivity contribution in [1.29, 1.82) is 0 Å². The summed E-state index contributed by atoms with van der Waals surface area (Å²) < 4.78 is 5.53. The molecule has 8 heteroatoms. The van der Waals surface area contributed by atoms with Gasteiger partial charge in [-0.1, -0.05) is 17.6 Å². The zero-order chi connectivity index (χ0) is 21.9. The van der Waals surface area contributed by atoms with Crippen LogP contribution in [0, 0.1) is 5.92 Å². The third kappa shape index (κ3) is 4.22.